The Morgan fingerprint density at radius 1 is 1.41 bits per heavy atom. The molecule has 0 spiro atoms. The molecule has 2 rings (SSSR count). The van der Waals surface area contributed by atoms with Crippen LogP contribution in [0.4, 0.5) is 0 Å². The van der Waals surface area contributed by atoms with Gasteiger partial charge in [0.25, 0.3) is 0 Å². The van der Waals surface area contributed by atoms with Crippen molar-refractivity contribution in [3.05, 3.63) is 29.8 Å². The zero-order valence-electron chi connectivity index (χ0n) is 10.9. The highest BCUT2D eigenvalue weighted by molar-refractivity contribution is 5.33. The Labute approximate surface area is 104 Å². The molecule has 1 aromatic rings. The fraction of sp³-hybridized carbons (Fsp3) is 0.571. The zero-order chi connectivity index (χ0) is 12.3. The predicted molar refractivity (Wildman–Crippen MR) is 70.6 cm³/mol. The van der Waals surface area contributed by atoms with Crippen molar-refractivity contribution < 1.29 is 4.74 Å². The highest BCUT2D eigenvalue weighted by atomic mass is 16.5. The molecule has 1 heterocycles. The summed E-state index contributed by atoms with van der Waals surface area (Å²) in [7, 11) is 3.95. The first-order valence-electron chi connectivity index (χ1n) is 6.27. The molecular weight excluding hydrogens is 212 g/mol. The summed E-state index contributed by atoms with van der Waals surface area (Å²) >= 11 is 0. The molecule has 1 aliphatic heterocycles. The van der Waals surface area contributed by atoms with E-state index in [4.69, 9.17) is 4.74 Å². The molecule has 3 heteroatoms. The molecule has 3 nitrogen and oxygen atoms in total. The van der Waals surface area contributed by atoms with Crippen molar-refractivity contribution in [1.82, 2.24) is 10.2 Å². The van der Waals surface area contributed by atoms with Gasteiger partial charge in [0.05, 0.1) is 7.11 Å². The molecule has 1 fully saturated rings. The largest absolute Gasteiger partial charge is 0.496 e. The summed E-state index contributed by atoms with van der Waals surface area (Å²) in [6.45, 7) is 4.52. The van der Waals surface area contributed by atoms with E-state index in [-0.39, 0.29) is 0 Å². The Kier molecular flexibility index (Phi) is 4.02. The van der Waals surface area contributed by atoms with Gasteiger partial charge in [-0.05, 0) is 32.0 Å². The summed E-state index contributed by atoms with van der Waals surface area (Å²) in [6.07, 6.45) is 1.04. The van der Waals surface area contributed by atoms with Crippen LogP contribution in [-0.4, -0.2) is 44.2 Å². The molecule has 1 aromatic carbocycles. The number of likely N-dealkylation sites (N-methyl/N-ethyl adjacent to an activating group) is 1. The van der Waals surface area contributed by atoms with Gasteiger partial charge in [0, 0.05) is 25.2 Å². The summed E-state index contributed by atoms with van der Waals surface area (Å²) < 4.78 is 5.40. The van der Waals surface area contributed by atoms with Crippen molar-refractivity contribution in [2.45, 2.75) is 25.4 Å². The molecule has 1 saturated heterocycles. The number of hydrogen-bond acceptors (Lipinski definition) is 3. The van der Waals surface area contributed by atoms with E-state index in [9.17, 15) is 0 Å². The lowest BCUT2D eigenvalue weighted by atomic mass is 10.0. The first kappa shape index (κ1) is 12.4. The van der Waals surface area contributed by atoms with Gasteiger partial charge in [-0.15, -0.1) is 0 Å². The van der Waals surface area contributed by atoms with E-state index in [1.54, 1.807) is 7.11 Å². The van der Waals surface area contributed by atoms with Crippen LogP contribution in [0.1, 0.15) is 12.5 Å². The summed E-state index contributed by atoms with van der Waals surface area (Å²) in [4.78, 5) is 2.46. The van der Waals surface area contributed by atoms with E-state index in [0.29, 0.717) is 12.1 Å². The molecule has 1 unspecified atom stereocenters. The lowest BCUT2D eigenvalue weighted by Crippen LogP contribution is -2.58. The zero-order valence-corrected chi connectivity index (χ0v) is 10.9. The van der Waals surface area contributed by atoms with E-state index in [1.807, 2.05) is 12.1 Å². The van der Waals surface area contributed by atoms with Crippen LogP contribution in [0.15, 0.2) is 24.3 Å². The van der Waals surface area contributed by atoms with E-state index in [2.05, 4.69) is 36.3 Å². The highest BCUT2D eigenvalue weighted by Gasteiger charge is 2.25. The average Bonchev–Trinajstić information content (AvgIpc) is 2.27. The summed E-state index contributed by atoms with van der Waals surface area (Å²) in [6, 6.07) is 9.52. The Balaban J connectivity index is 1.99. The molecule has 0 radical (unpaired) electrons. The smallest absolute Gasteiger partial charge is 0.122 e. The van der Waals surface area contributed by atoms with Gasteiger partial charge < -0.3 is 10.1 Å². The van der Waals surface area contributed by atoms with Gasteiger partial charge >= 0.3 is 0 Å². The fourth-order valence-electron chi connectivity index (χ4n) is 2.26. The van der Waals surface area contributed by atoms with Crippen LogP contribution >= 0.6 is 0 Å². The van der Waals surface area contributed by atoms with Crippen LogP contribution in [0.3, 0.4) is 0 Å². The maximum absolute atomic E-state index is 5.40. The SMILES string of the molecule is COc1ccccc1CC(C)N(C)C1CNC1. The number of benzene rings is 1. The third-order valence-electron chi connectivity index (χ3n) is 3.74. The van der Waals surface area contributed by atoms with Gasteiger partial charge in [-0.2, -0.15) is 0 Å². The Morgan fingerprint density at radius 3 is 2.71 bits per heavy atom. The second kappa shape index (κ2) is 5.52. The van der Waals surface area contributed by atoms with Gasteiger partial charge in [0.2, 0.25) is 0 Å². The van der Waals surface area contributed by atoms with Gasteiger partial charge in [-0.3, -0.25) is 4.90 Å². The van der Waals surface area contributed by atoms with Crippen LogP contribution in [0.2, 0.25) is 0 Å². The monoisotopic (exact) mass is 234 g/mol. The average molecular weight is 234 g/mol. The second-order valence-electron chi connectivity index (χ2n) is 4.84. The molecule has 1 N–H and O–H groups in total. The molecule has 17 heavy (non-hydrogen) atoms. The van der Waals surface area contributed by atoms with Gasteiger partial charge in [0.1, 0.15) is 5.75 Å². The van der Waals surface area contributed by atoms with Crippen molar-refractivity contribution in [3.63, 3.8) is 0 Å². The minimum atomic E-state index is 0.540. The number of nitrogens with zero attached hydrogens (tertiary/aromatic N) is 1. The van der Waals surface area contributed by atoms with E-state index in [0.717, 1.165) is 25.3 Å². The topological polar surface area (TPSA) is 24.5 Å². The fourth-order valence-corrected chi connectivity index (χ4v) is 2.26. The van der Waals surface area contributed by atoms with Crippen molar-refractivity contribution in [1.29, 1.82) is 0 Å². The minimum absolute atomic E-state index is 0.540. The lowest BCUT2D eigenvalue weighted by molar-refractivity contribution is 0.135. The standard InChI is InChI=1S/C14H22N2O/c1-11(16(2)13-9-15-10-13)8-12-6-4-5-7-14(12)17-3/h4-7,11,13,15H,8-10H2,1-3H3. The minimum Gasteiger partial charge on any atom is -0.496 e. The first-order chi connectivity index (χ1) is 8.22. The molecule has 0 aliphatic carbocycles. The summed E-state index contributed by atoms with van der Waals surface area (Å²) in [5.41, 5.74) is 1.29. The van der Waals surface area contributed by atoms with Crippen LogP contribution in [0, 0.1) is 0 Å². The Hall–Kier alpha value is -1.06. The number of ether oxygens (including phenoxy) is 1. The van der Waals surface area contributed by atoms with Crippen molar-refractivity contribution in [3.8, 4) is 5.75 Å². The van der Waals surface area contributed by atoms with Crippen molar-refractivity contribution in [2.75, 3.05) is 27.2 Å². The quantitative estimate of drug-likeness (QED) is 0.836. The van der Waals surface area contributed by atoms with Gasteiger partial charge in [-0.25, -0.2) is 0 Å². The highest BCUT2D eigenvalue weighted by Crippen LogP contribution is 2.21. The van der Waals surface area contributed by atoms with Crippen molar-refractivity contribution >= 4 is 0 Å². The van der Waals surface area contributed by atoms with Gasteiger partial charge in [-0.1, -0.05) is 18.2 Å². The molecule has 0 aromatic heterocycles. The third kappa shape index (κ3) is 2.79. The lowest BCUT2D eigenvalue weighted by Gasteiger charge is -2.39. The Morgan fingerprint density at radius 2 is 2.12 bits per heavy atom. The molecule has 0 amide bonds. The molecule has 1 aliphatic rings. The van der Waals surface area contributed by atoms with Crippen LogP contribution in [0.25, 0.3) is 0 Å². The number of methoxy groups -OCH3 is 1. The summed E-state index contributed by atoms with van der Waals surface area (Å²) in [5.74, 6) is 1.000. The number of para-hydroxylation sites is 1. The Bertz CT molecular complexity index is 363. The summed E-state index contributed by atoms with van der Waals surface area (Å²) in [5, 5.41) is 3.32. The first-order valence-corrected chi connectivity index (χ1v) is 6.27. The van der Waals surface area contributed by atoms with Crippen LogP contribution < -0.4 is 10.1 Å². The number of rotatable bonds is 5. The number of hydrogen-bond donors (Lipinski definition) is 1. The number of nitrogens with one attached hydrogen (secondary N) is 1. The van der Waals surface area contributed by atoms with Gasteiger partial charge in [0.15, 0.2) is 0 Å². The molecule has 0 saturated carbocycles. The van der Waals surface area contributed by atoms with E-state index >= 15 is 0 Å². The maximum atomic E-state index is 5.40. The van der Waals surface area contributed by atoms with Crippen LogP contribution in [-0.2, 0) is 6.42 Å². The predicted octanol–water partition coefficient (Wildman–Crippen LogP) is 1.53. The van der Waals surface area contributed by atoms with Crippen LogP contribution in [0.5, 0.6) is 5.75 Å². The third-order valence-corrected chi connectivity index (χ3v) is 3.74. The van der Waals surface area contributed by atoms with Crippen molar-refractivity contribution in [2.24, 2.45) is 0 Å². The van der Waals surface area contributed by atoms with E-state index < -0.39 is 0 Å². The molecular formula is C14H22N2O. The molecule has 94 valence electrons. The van der Waals surface area contributed by atoms with E-state index in [1.165, 1.54) is 5.56 Å². The second-order valence-corrected chi connectivity index (χ2v) is 4.84. The molecule has 1 atom stereocenters. The maximum Gasteiger partial charge on any atom is 0.122 e. The normalized spacial score (nSPS) is 17.9. The molecule has 0 bridgehead atoms.